The molecule has 3 amide bonds. The molecule has 0 saturated heterocycles. The SMILES string of the molecule is CCOC(=O)N1CC(C)=C(C)CN1C(=O)Nc1ccc(Cl)cc1. The number of nitrogens with one attached hydrogen (secondary N) is 1. The van der Waals surface area contributed by atoms with Gasteiger partial charge in [-0.15, -0.1) is 0 Å². The van der Waals surface area contributed by atoms with Gasteiger partial charge in [-0.25, -0.2) is 19.6 Å². The van der Waals surface area contributed by atoms with Gasteiger partial charge in [0, 0.05) is 10.7 Å². The standard InChI is InChI=1S/C16H20ClN3O3/c1-4-23-16(22)20-10-12(3)11(2)9-19(20)15(21)18-14-7-5-13(17)6-8-14/h5-8H,4,9-10H2,1-3H3,(H,18,21). The Labute approximate surface area is 140 Å². The van der Waals surface area contributed by atoms with Gasteiger partial charge >= 0.3 is 12.1 Å². The maximum Gasteiger partial charge on any atom is 0.429 e. The van der Waals surface area contributed by atoms with E-state index in [4.69, 9.17) is 16.3 Å². The highest BCUT2D eigenvalue weighted by Crippen LogP contribution is 2.20. The summed E-state index contributed by atoms with van der Waals surface area (Å²) in [6.07, 6.45) is -0.536. The number of urea groups is 1. The number of hydrazine groups is 1. The molecular weight excluding hydrogens is 318 g/mol. The molecule has 0 unspecified atom stereocenters. The van der Waals surface area contributed by atoms with E-state index in [9.17, 15) is 9.59 Å². The lowest BCUT2D eigenvalue weighted by Gasteiger charge is -2.38. The van der Waals surface area contributed by atoms with Crippen molar-refractivity contribution in [2.24, 2.45) is 0 Å². The molecule has 1 aliphatic heterocycles. The zero-order valence-electron chi connectivity index (χ0n) is 13.4. The summed E-state index contributed by atoms with van der Waals surface area (Å²) in [4.78, 5) is 24.6. The molecule has 1 N–H and O–H groups in total. The average molecular weight is 338 g/mol. The first-order valence-electron chi connectivity index (χ1n) is 7.36. The lowest BCUT2D eigenvalue weighted by Crippen LogP contribution is -2.55. The quantitative estimate of drug-likeness (QED) is 0.832. The molecule has 0 saturated carbocycles. The number of halogens is 1. The van der Waals surface area contributed by atoms with Crippen LogP contribution in [0, 0.1) is 0 Å². The number of rotatable bonds is 2. The van der Waals surface area contributed by atoms with Gasteiger partial charge in [0.2, 0.25) is 0 Å². The predicted octanol–water partition coefficient (Wildman–Crippen LogP) is 3.90. The summed E-state index contributed by atoms with van der Waals surface area (Å²) in [7, 11) is 0. The highest BCUT2D eigenvalue weighted by molar-refractivity contribution is 6.30. The molecule has 0 aromatic heterocycles. The molecule has 0 bridgehead atoms. The lowest BCUT2D eigenvalue weighted by atomic mass is 10.1. The van der Waals surface area contributed by atoms with Crippen LogP contribution in [0.1, 0.15) is 20.8 Å². The van der Waals surface area contributed by atoms with E-state index in [2.05, 4.69) is 5.32 Å². The van der Waals surface area contributed by atoms with Crippen molar-refractivity contribution in [2.75, 3.05) is 25.0 Å². The molecule has 0 atom stereocenters. The van der Waals surface area contributed by atoms with Gasteiger partial charge in [-0.05, 0) is 45.0 Å². The fourth-order valence-corrected chi connectivity index (χ4v) is 2.28. The fourth-order valence-electron chi connectivity index (χ4n) is 2.15. The summed E-state index contributed by atoms with van der Waals surface area (Å²) >= 11 is 5.83. The van der Waals surface area contributed by atoms with Crippen molar-refractivity contribution in [1.82, 2.24) is 10.0 Å². The van der Waals surface area contributed by atoms with Gasteiger partial charge in [0.1, 0.15) is 0 Å². The fraction of sp³-hybridized carbons (Fsp3) is 0.375. The van der Waals surface area contributed by atoms with E-state index in [0.29, 0.717) is 23.8 Å². The van der Waals surface area contributed by atoms with Crippen LogP contribution in [-0.2, 0) is 4.74 Å². The highest BCUT2D eigenvalue weighted by Gasteiger charge is 2.31. The maximum atomic E-state index is 12.5. The predicted molar refractivity (Wildman–Crippen MR) is 89.3 cm³/mol. The molecule has 23 heavy (non-hydrogen) atoms. The van der Waals surface area contributed by atoms with Crippen molar-refractivity contribution in [2.45, 2.75) is 20.8 Å². The summed E-state index contributed by atoms with van der Waals surface area (Å²) < 4.78 is 5.04. The number of hydrogen-bond donors (Lipinski definition) is 1. The third kappa shape index (κ3) is 4.16. The summed E-state index contributed by atoms with van der Waals surface area (Å²) in [6.45, 7) is 6.54. The van der Waals surface area contributed by atoms with Crippen LogP contribution >= 0.6 is 11.6 Å². The Kier molecular flexibility index (Phi) is 5.50. The number of ether oxygens (including phenoxy) is 1. The molecule has 0 spiro atoms. The molecule has 1 heterocycles. The van der Waals surface area contributed by atoms with Crippen LogP contribution in [0.2, 0.25) is 5.02 Å². The van der Waals surface area contributed by atoms with Crippen molar-refractivity contribution >= 4 is 29.4 Å². The number of carbonyl (C=O) groups is 2. The van der Waals surface area contributed by atoms with Crippen LogP contribution in [0.3, 0.4) is 0 Å². The van der Waals surface area contributed by atoms with Gasteiger partial charge in [0.05, 0.1) is 19.7 Å². The Hall–Kier alpha value is -2.21. The molecule has 2 rings (SSSR count). The largest absolute Gasteiger partial charge is 0.448 e. The average Bonchev–Trinajstić information content (AvgIpc) is 2.52. The van der Waals surface area contributed by atoms with Crippen molar-refractivity contribution < 1.29 is 14.3 Å². The monoisotopic (exact) mass is 337 g/mol. The Morgan fingerprint density at radius 3 is 2.26 bits per heavy atom. The van der Waals surface area contributed by atoms with Crippen LogP contribution in [0.5, 0.6) is 0 Å². The second-order valence-corrected chi connectivity index (χ2v) is 5.75. The number of anilines is 1. The van der Waals surface area contributed by atoms with Gasteiger partial charge in [-0.1, -0.05) is 22.7 Å². The van der Waals surface area contributed by atoms with E-state index in [1.807, 2.05) is 13.8 Å². The van der Waals surface area contributed by atoms with Crippen molar-refractivity contribution in [3.05, 3.63) is 40.4 Å². The van der Waals surface area contributed by atoms with Crippen molar-refractivity contribution in [1.29, 1.82) is 0 Å². The van der Waals surface area contributed by atoms with Crippen LogP contribution in [0.25, 0.3) is 0 Å². The van der Waals surface area contributed by atoms with E-state index < -0.39 is 12.1 Å². The minimum Gasteiger partial charge on any atom is -0.448 e. The second-order valence-electron chi connectivity index (χ2n) is 5.31. The Morgan fingerprint density at radius 1 is 1.13 bits per heavy atom. The molecule has 1 aromatic carbocycles. The van der Waals surface area contributed by atoms with Crippen LogP contribution in [-0.4, -0.2) is 41.8 Å². The Bertz CT molecular complexity index is 628. The molecule has 0 radical (unpaired) electrons. The minimum atomic E-state index is -0.536. The molecule has 0 aliphatic carbocycles. The molecule has 1 aliphatic rings. The van der Waals surface area contributed by atoms with Gasteiger partial charge in [0.25, 0.3) is 0 Å². The van der Waals surface area contributed by atoms with Crippen LogP contribution in [0.4, 0.5) is 15.3 Å². The summed E-state index contributed by atoms with van der Waals surface area (Å²) in [5.74, 6) is 0. The lowest BCUT2D eigenvalue weighted by molar-refractivity contribution is 0.0153. The third-order valence-corrected chi connectivity index (χ3v) is 3.85. The van der Waals surface area contributed by atoms with Gasteiger partial charge in [0.15, 0.2) is 0 Å². The summed E-state index contributed by atoms with van der Waals surface area (Å²) in [6, 6.07) is 6.38. The number of benzene rings is 1. The molecule has 6 nitrogen and oxygen atoms in total. The molecule has 7 heteroatoms. The smallest absolute Gasteiger partial charge is 0.429 e. The third-order valence-electron chi connectivity index (χ3n) is 3.60. The summed E-state index contributed by atoms with van der Waals surface area (Å²) in [5, 5.41) is 6.02. The molecule has 1 aromatic rings. The van der Waals surface area contributed by atoms with Crippen molar-refractivity contribution in [3.8, 4) is 0 Å². The maximum absolute atomic E-state index is 12.5. The van der Waals surface area contributed by atoms with E-state index in [1.165, 1.54) is 10.0 Å². The van der Waals surface area contributed by atoms with Crippen molar-refractivity contribution in [3.63, 3.8) is 0 Å². The summed E-state index contributed by atoms with van der Waals surface area (Å²) in [5.41, 5.74) is 2.71. The van der Waals surface area contributed by atoms with E-state index in [0.717, 1.165) is 11.1 Å². The number of carbonyl (C=O) groups excluding carboxylic acids is 2. The number of hydrogen-bond acceptors (Lipinski definition) is 3. The zero-order valence-corrected chi connectivity index (χ0v) is 14.2. The number of nitrogens with zero attached hydrogens (tertiary/aromatic N) is 2. The van der Waals surface area contributed by atoms with E-state index >= 15 is 0 Å². The van der Waals surface area contributed by atoms with Crippen LogP contribution < -0.4 is 5.32 Å². The molecule has 0 fully saturated rings. The van der Waals surface area contributed by atoms with Crippen LogP contribution in [0.15, 0.2) is 35.4 Å². The molecule has 124 valence electrons. The normalized spacial score (nSPS) is 14.8. The minimum absolute atomic E-state index is 0.254. The topological polar surface area (TPSA) is 61.9 Å². The second kappa shape index (κ2) is 7.37. The van der Waals surface area contributed by atoms with E-state index in [1.54, 1.807) is 31.2 Å². The first-order chi connectivity index (χ1) is 10.9. The highest BCUT2D eigenvalue weighted by atomic mass is 35.5. The van der Waals surface area contributed by atoms with E-state index in [-0.39, 0.29) is 6.61 Å². The first kappa shape index (κ1) is 17.1. The van der Waals surface area contributed by atoms with Gasteiger partial charge in [-0.3, -0.25) is 0 Å². The zero-order chi connectivity index (χ0) is 17.0. The van der Waals surface area contributed by atoms with Gasteiger partial charge < -0.3 is 10.1 Å². The Balaban J connectivity index is 2.17. The first-order valence-corrected chi connectivity index (χ1v) is 7.73. The Morgan fingerprint density at radius 2 is 1.70 bits per heavy atom. The number of amides is 3. The van der Waals surface area contributed by atoms with Gasteiger partial charge in [-0.2, -0.15) is 0 Å². The molecular formula is C16H20ClN3O3.